The van der Waals surface area contributed by atoms with E-state index < -0.39 is 0 Å². The summed E-state index contributed by atoms with van der Waals surface area (Å²) in [6, 6.07) is 8.46. The van der Waals surface area contributed by atoms with Crippen molar-refractivity contribution in [2.24, 2.45) is 0 Å². The number of ketones is 1. The molecule has 0 atom stereocenters. The first-order valence-electron chi connectivity index (χ1n) is 6.32. The fraction of sp³-hybridized carbons (Fsp3) is 0.188. The maximum atomic E-state index is 11.3. The highest BCUT2D eigenvalue weighted by atomic mass is 16.5. The lowest BCUT2D eigenvalue weighted by atomic mass is 10.1. The van der Waals surface area contributed by atoms with Crippen LogP contribution in [0.3, 0.4) is 0 Å². The number of aromatic nitrogens is 2. The monoisotopic (exact) mass is 282 g/mol. The Bertz CT molecular complexity index is 702. The average Bonchev–Trinajstić information content (AvgIpc) is 2.48. The molecule has 0 saturated carbocycles. The van der Waals surface area contributed by atoms with Crippen LogP contribution < -0.4 is 9.47 Å². The standard InChI is InChI=1S/C16H14N2O3/c1-3-4-8-20-15-10-16(18-11-17-15)21-14-7-5-6-13(9-14)12(2)19/h5-7,9-11H,8H2,1-2H3. The van der Waals surface area contributed by atoms with Gasteiger partial charge in [0.2, 0.25) is 11.8 Å². The number of carbonyl (C=O) groups excluding carboxylic acids is 1. The van der Waals surface area contributed by atoms with Crippen LogP contribution in [-0.4, -0.2) is 22.4 Å². The van der Waals surface area contributed by atoms with Crippen LogP contribution in [0.2, 0.25) is 0 Å². The fourth-order valence-electron chi connectivity index (χ4n) is 1.54. The highest BCUT2D eigenvalue weighted by Crippen LogP contribution is 2.22. The zero-order valence-electron chi connectivity index (χ0n) is 11.8. The SMILES string of the molecule is CC#CCOc1cc(Oc2cccc(C(C)=O)c2)ncn1. The second-order valence-electron chi connectivity index (χ2n) is 4.10. The molecule has 106 valence electrons. The van der Waals surface area contributed by atoms with Gasteiger partial charge in [0.15, 0.2) is 12.4 Å². The summed E-state index contributed by atoms with van der Waals surface area (Å²) < 4.78 is 10.9. The van der Waals surface area contributed by atoms with E-state index in [9.17, 15) is 4.79 Å². The second kappa shape index (κ2) is 7.06. The van der Waals surface area contributed by atoms with Gasteiger partial charge in [-0.1, -0.05) is 18.1 Å². The summed E-state index contributed by atoms with van der Waals surface area (Å²) in [7, 11) is 0. The van der Waals surface area contributed by atoms with E-state index in [4.69, 9.17) is 9.47 Å². The van der Waals surface area contributed by atoms with Crippen LogP contribution in [0.25, 0.3) is 0 Å². The Labute approximate surface area is 123 Å². The summed E-state index contributed by atoms with van der Waals surface area (Å²) in [5, 5.41) is 0. The average molecular weight is 282 g/mol. The predicted octanol–water partition coefficient (Wildman–Crippen LogP) is 2.87. The minimum Gasteiger partial charge on any atom is -0.464 e. The first kappa shape index (κ1) is 14.5. The van der Waals surface area contributed by atoms with E-state index in [0.29, 0.717) is 23.1 Å². The molecule has 5 heteroatoms. The first-order valence-corrected chi connectivity index (χ1v) is 6.32. The lowest BCUT2D eigenvalue weighted by molar-refractivity contribution is 0.101. The molecule has 0 fully saturated rings. The third-order valence-corrected chi connectivity index (χ3v) is 2.55. The zero-order valence-corrected chi connectivity index (χ0v) is 11.8. The summed E-state index contributed by atoms with van der Waals surface area (Å²) in [5.41, 5.74) is 0.580. The predicted molar refractivity (Wildman–Crippen MR) is 77.5 cm³/mol. The molecule has 0 N–H and O–H groups in total. The van der Waals surface area contributed by atoms with Gasteiger partial charge in [0.05, 0.1) is 6.07 Å². The first-order chi connectivity index (χ1) is 10.2. The van der Waals surface area contributed by atoms with E-state index in [0.717, 1.165) is 0 Å². The van der Waals surface area contributed by atoms with Crippen molar-refractivity contribution in [1.29, 1.82) is 0 Å². The van der Waals surface area contributed by atoms with E-state index in [1.165, 1.54) is 13.3 Å². The van der Waals surface area contributed by atoms with Gasteiger partial charge >= 0.3 is 0 Å². The highest BCUT2D eigenvalue weighted by molar-refractivity contribution is 5.94. The number of carbonyl (C=O) groups is 1. The molecule has 0 aliphatic heterocycles. The normalized spacial score (nSPS) is 9.43. The number of nitrogens with zero attached hydrogens (tertiary/aromatic N) is 2. The number of rotatable bonds is 5. The molecule has 0 saturated heterocycles. The van der Waals surface area contributed by atoms with Crippen molar-refractivity contribution in [2.45, 2.75) is 13.8 Å². The van der Waals surface area contributed by atoms with Crippen LogP contribution in [-0.2, 0) is 0 Å². The summed E-state index contributed by atoms with van der Waals surface area (Å²) in [4.78, 5) is 19.3. The zero-order chi connectivity index (χ0) is 15.1. The molecule has 0 spiro atoms. The van der Waals surface area contributed by atoms with Crippen molar-refractivity contribution in [3.8, 4) is 29.4 Å². The van der Waals surface area contributed by atoms with E-state index in [-0.39, 0.29) is 12.4 Å². The summed E-state index contributed by atoms with van der Waals surface area (Å²) >= 11 is 0. The molecule has 0 bridgehead atoms. The Morgan fingerprint density at radius 3 is 2.81 bits per heavy atom. The van der Waals surface area contributed by atoms with Gasteiger partial charge in [0.25, 0.3) is 0 Å². The van der Waals surface area contributed by atoms with Crippen molar-refractivity contribution in [1.82, 2.24) is 9.97 Å². The molecule has 5 nitrogen and oxygen atoms in total. The van der Waals surface area contributed by atoms with Crippen LogP contribution >= 0.6 is 0 Å². The van der Waals surface area contributed by atoms with Crippen molar-refractivity contribution in [3.63, 3.8) is 0 Å². The largest absolute Gasteiger partial charge is 0.464 e. The lowest BCUT2D eigenvalue weighted by Gasteiger charge is -2.07. The Hall–Kier alpha value is -2.87. The Morgan fingerprint density at radius 2 is 2.05 bits per heavy atom. The maximum absolute atomic E-state index is 11.3. The Balaban J connectivity index is 2.11. The van der Waals surface area contributed by atoms with E-state index in [1.54, 1.807) is 37.3 Å². The lowest BCUT2D eigenvalue weighted by Crippen LogP contribution is -1.98. The van der Waals surface area contributed by atoms with Crippen LogP contribution in [0.4, 0.5) is 0 Å². The summed E-state index contributed by atoms with van der Waals surface area (Å²) in [6.45, 7) is 3.50. The van der Waals surface area contributed by atoms with E-state index >= 15 is 0 Å². The number of Topliss-reactive ketones (excluding diaryl/α,β-unsaturated/α-hetero) is 1. The van der Waals surface area contributed by atoms with Crippen LogP contribution in [0.5, 0.6) is 17.5 Å². The number of benzene rings is 1. The molecule has 2 rings (SSSR count). The van der Waals surface area contributed by atoms with Gasteiger partial charge in [-0.15, -0.1) is 5.92 Å². The van der Waals surface area contributed by atoms with Gasteiger partial charge in [0.1, 0.15) is 12.1 Å². The molecule has 0 unspecified atom stereocenters. The molecular weight excluding hydrogens is 268 g/mol. The third kappa shape index (κ3) is 4.32. The smallest absolute Gasteiger partial charge is 0.226 e. The minimum absolute atomic E-state index is 0.0229. The van der Waals surface area contributed by atoms with E-state index in [1.807, 2.05) is 0 Å². The van der Waals surface area contributed by atoms with Gasteiger partial charge in [-0.3, -0.25) is 4.79 Å². The Kier molecular flexibility index (Phi) is 4.89. The molecule has 0 amide bonds. The molecule has 21 heavy (non-hydrogen) atoms. The van der Waals surface area contributed by atoms with Gasteiger partial charge in [-0.05, 0) is 26.0 Å². The van der Waals surface area contributed by atoms with Gasteiger partial charge in [-0.25, -0.2) is 9.97 Å². The molecule has 1 aromatic heterocycles. The van der Waals surface area contributed by atoms with Crippen molar-refractivity contribution in [3.05, 3.63) is 42.2 Å². The maximum Gasteiger partial charge on any atom is 0.226 e. The number of hydrogen-bond donors (Lipinski definition) is 0. The third-order valence-electron chi connectivity index (χ3n) is 2.55. The van der Waals surface area contributed by atoms with Gasteiger partial charge in [0, 0.05) is 5.56 Å². The van der Waals surface area contributed by atoms with Crippen molar-refractivity contribution < 1.29 is 14.3 Å². The molecule has 0 aliphatic carbocycles. The molecule has 0 aliphatic rings. The molecular formula is C16H14N2O3. The summed E-state index contributed by atoms with van der Waals surface area (Å²) in [5.74, 6) is 6.73. The quantitative estimate of drug-likeness (QED) is 0.623. The van der Waals surface area contributed by atoms with Gasteiger partial charge < -0.3 is 9.47 Å². The van der Waals surface area contributed by atoms with Crippen LogP contribution in [0.1, 0.15) is 24.2 Å². The molecule has 2 aromatic rings. The highest BCUT2D eigenvalue weighted by Gasteiger charge is 2.05. The molecule has 1 heterocycles. The topological polar surface area (TPSA) is 61.3 Å². The van der Waals surface area contributed by atoms with Crippen LogP contribution in [0, 0.1) is 11.8 Å². The van der Waals surface area contributed by atoms with Gasteiger partial charge in [-0.2, -0.15) is 0 Å². The van der Waals surface area contributed by atoms with Crippen LogP contribution in [0.15, 0.2) is 36.7 Å². The van der Waals surface area contributed by atoms with Crippen molar-refractivity contribution >= 4 is 5.78 Å². The van der Waals surface area contributed by atoms with Crippen molar-refractivity contribution in [2.75, 3.05) is 6.61 Å². The second-order valence-corrected chi connectivity index (χ2v) is 4.10. The minimum atomic E-state index is -0.0229. The fourth-order valence-corrected chi connectivity index (χ4v) is 1.54. The Morgan fingerprint density at radius 1 is 1.24 bits per heavy atom. The number of ether oxygens (including phenoxy) is 2. The molecule has 1 aromatic carbocycles. The molecule has 0 radical (unpaired) electrons. The number of hydrogen-bond acceptors (Lipinski definition) is 5. The summed E-state index contributed by atoms with van der Waals surface area (Å²) in [6.07, 6.45) is 1.35. The van der Waals surface area contributed by atoms with E-state index in [2.05, 4.69) is 21.8 Å².